The number of carboxylic acid groups (broad SMARTS) is 1. The Morgan fingerprint density at radius 1 is 1.45 bits per heavy atom. The second-order valence-electron chi connectivity index (χ2n) is 5.63. The van der Waals surface area contributed by atoms with Crippen LogP contribution in [0.5, 0.6) is 0 Å². The molecule has 1 saturated carbocycles. The van der Waals surface area contributed by atoms with Crippen molar-refractivity contribution in [1.82, 2.24) is 5.32 Å². The Morgan fingerprint density at radius 3 is 2.55 bits per heavy atom. The molecule has 0 aromatic carbocycles. The average molecular weight is 279 g/mol. The number of carbonyl (C=O) groups is 2. The molecule has 0 bridgehead atoms. The third kappa shape index (κ3) is 2.71. The van der Waals surface area contributed by atoms with Crippen molar-refractivity contribution in [3.63, 3.8) is 0 Å². The highest BCUT2D eigenvalue weighted by molar-refractivity contribution is 5.96. The highest BCUT2D eigenvalue weighted by Crippen LogP contribution is 2.34. The highest BCUT2D eigenvalue weighted by atomic mass is 16.4. The molecule has 5 nitrogen and oxygen atoms in total. The lowest BCUT2D eigenvalue weighted by molar-refractivity contribution is -0.146. The molecule has 0 saturated heterocycles. The monoisotopic (exact) mass is 279 g/mol. The van der Waals surface area contributed by atoms with Gasteiger partial charge in [0.1, 0.15) is 5.54 Å². The summed E-state index contributed by atoms with van der Waals surface area (Å²) in [6.07, 6.45) is 5.12. The van der Waals surface area contributed by atoms with Crippen LogP contribution in [0.25, 0.3) is 0 Å². The van der Waals surface area contributed by atoms with Gasteiger partial charge in [-0.15, -0.1) is 0 Å². The lowest BCUT2D eigenvalue weighted by atomic mass is 9.75. The zero-order valence-corrected chi connectivity index (χ0v) is 11.9. The van der Waals surface area contributed by atoms with E-state index in [0.29, 0.717) is 24.3 Å². The molecule has 1 amide bonds. The maximum atomic E-state index is 12.2. The maximum absolute atomic E-state index is 12.2. The van der Waals surface area contributed by atoms with Gasteiger partial charge in [-0.25, -0.2) is 4.79 Å². The number of amides is 1. The van der Waals surface area contributed by atoms with Crippen molar-refractivity contribution < 1.29 is 19.1 Å². The molecule has 1 aliphatic carbocycles. The largest absolute Gasteiger partial charge is 0.480 e. The lowest BCUT2D eigenvalue weighted by Crippen LogP contribution is -2.56. The van der Waals surface area contributed by atoms with Crippen molar-refractivity contribution >= 4 is 11.9 Å². The maximum Gasteiger partial charge on any atom is 0.329 e. The Balaban J connectivity index is 2.13. The number of carbonyl (C=O) groups excluding carboxylic acids is 1. The van der Waals surface area contributed by atoms with Crippen molar-refractivity contribution in [2.45, 2.75) is 51.5 Å². The topological polar surface area (TPSA) is 79.5 Å². The SMILES string of the molecule is CCC1CCC(NC(=O)c2occc2C)(C(=O)O)CC1. The minimum Gasteiger partial charge on any atom is -0.480 e. The van der Waals surface area contributed by atoms with E-state index in [9.17, 15) is 14.7 Å². The number of nitrogens with one attached hydrogen (secondary N) is 1. The molecule has 5 heteroatoms. The van der Waals surface area contributed by atoms with Gasteiger partial charge in [0, 0.05) is 5.56 Å². The van der Waals surface area contributed by atoms with Crippen LogP contribution in [0.4, 0.5) is 0 Å². The number of furan rings is 1. The van der Waals surface area contributed by atoms with Crippen molar-refractivity contribution in [2.24, 2.45) is 5.92 Å². The Hall–Kier alpha value is -1.78. The van der Waals surface area contributed by atoms with E-state index >= 15 is 0 Å². The molecule has 2 rings (SSSR count). The van der Waals surface area contributed by atoms with E-state index in [1.165, 1.54) is 6.26 Å². The fourth-order valence-electron chi connectivity index (χ4n) is 2.85. The van der Waals surface area contributed by atoms with E-state index in [2.05, 4.69) is 12.2 Å². The molecule has 2 N–H and O–H groups in total. The molecule has 110 valence electrons. The fourth-order valence-corrected chi connectivity index (χ4v) is 2.85. The van der Waals surface area contributed by atoms with Gasteiger partial charge in [0.15, 0.2) is 5.76 Å². The van der Waals surface area contributed by atoms with Crippen LogP contribution in [-0.2, 0) is 4.79 Å². The van der Waals surface area contributed by atoms with Gasteiger partial charge in [-0.1, -0.05) is 13.3 Å². The van der Waals surface area contributed by atoms with Crippen molar-refractivity contribution in [1.29, 1.82) is 0 Å². The van der Waals surface area contributed by atoms with Crippen molar-refractivity contribution in [3.05, 3.63) is 23.7 Å². The standard InChI is InChI=1S/C15H21NO4/c1-3-11-4-7-15(8-5-11,14(18)19)16-13(17)12-10(2)6-9-20-12/h6,9,11H,3-5,7-8H2,1-2H3,(H,16,17)(H,18,19). The molecule has 1 aromatic rings. The van der Waals surface area contributed by atoms with Crippen molar-refractivity contribution in [2.75, 3.05) is 0 Å². The van der Waals surface area contributed by atoms with Crippen LogP contribution in [-0.4, -0.2) is 22.5 Å². The van der Waals surface area contributed by atoms with Crippen molar-refractivity contribution in [3.8, 4) is 0 Å². The first-order chi connectivity index (χ1) is 9.48. The van der Waals surface area contributed by atoms with E-state index in [4.69, 9.17) is 4.42 Å². The molecule has 0 aliphatic heterocycles. The molecule has 0 unspecified atom stereocenters. The van der Waals surface area contributed by atoms with Crippen LogP contribution in [0, 0.1) is 12.8 Å². The van der Waals surface area contributed by atoms with Gasteiger partial charge in [-0.2, -0.15) is 0 Å². The number of aryl methyl sites for hydroxylation is 1. The number of hydrogen-bond donors (Lipinski definition) is 2. The number of hydrogen-bond acceptors (Lipinski definition) is 3. The predicted molar refractivity (Wildman–Crippen MR) is 73.5 cm³/mol. The zero-order chi connectivity index (χ0) is 14.8. The Bertz CT molecular complexity index is 498. The lowest BCUT2D eigenvalue weighted by Gasteiger charge is -2.37. The number of carboxylic acids is 1. The summed E-state index contributed by atoms with van der Waals surface area (Å²) >= 11 is 0. The molecule has 0 radical (unpaired) electrons. The summed E-state index contributed by atoms with van der Waals surface area (Å²) in [5, 5.41) is 12.2. The van der Waals surface area contributed by atoms with Crippen LogP contribution in [0.15, 0.2) is 16.7 Å². The van der Waals surface area contributed by atoms with Gasteiger partial charge in [0.25, 0.3) is 5.91 Å². The van der Waals surface area contributed by atoms with E-state index in [0.717, 1.165) is 19.3 Å². The van der Waals surface area contributed by atoms with E-state index in [1.807, 2.05) is 0 Å². The molecule has 1 aromatic heterocycles. The first kappa shape index (κ1) is 14.6. The second kappa shape index (κ2) is 5.69. The Kier molecular flexibility index (Phi) is 4.16. The Labute approximate surface area is 118 Å². The third-order valence-electron chi connectivity index (χ3n) is 4.37. The summed E-state index contributed by atoms with van der Waals surface area (Å²) in [5.41, 5.74) is -0.438. The van der Waals surface area contributed by atoms with Crippen LogP contribution in [0.1, 0.15) is 55.1 Å². The van der Waals surface area contributed by atoms with Crippen LogP contribution >= 0.6 is 0 Å². The molecular formula is C15H21NO4. The summed E-state index contributed by atoms with van der Waals surface area (Å²) in [6, 6.07) is 1.69. The van der Waals surface area contributed by atoms with Crippen LogP contribution in [0.3, 0.4) is 0 Å². The van der Waals surface area contributed by atoms with Gasteiger partial charge in [-0.3, -0.25) is 4.79 Å². The molecule has 1 aliphatic rings. The number of aliphatic carboxylic acids is 1. The van der Waals surface area contributed by atoms with E-state index in [1.54, 1.807) is 13.0 Å². The molecule has 0 spiro atoms. The van der Waals surface area contributed by atoms with E-state index in [-0.39, 0.29) is 5.76 Å². The summed E-state index contributed by atoms with van der Waals surface area (Å²) in [7, 11) is 0. The minimum absolute atomic E-state index is 0.197. The molecule has 0 atom stereocenters. The number of rotatable bonds is 4. The van der Waals surface area contributed by atoms with Crippen LogP contribution < -0.4 is 5.32 Å². The van der Waals surface area contributed by atoms with Crippen LogP contribution in [0.2, 0.25) is 0 Å². The van der Waals surface area contributed by atoms with Gasteiger partial charge >= 0.3 is 5.97 Å². The second-order valence-corrected chi connectivity index (χ2v) is 5.63. The van der Waals surface area contributed by atoms with Gasteiger partial charge in [0.05, 0.1) is 6.26 Å². The van der Waals surface area contributed by atoms with Gasteiger partial charge in [0.2, 0.25) is 0 Å². The normalized spacial score (nSPS) is 26.2. The van der Waals surface area contributed by atoms with Gasteiger partial charge < -0.3 is 14.8 Å². The molecule has 20 heavy (non-hydrogen) atoms. The minimum atomic E-state index is -1.15. The predicted octanol–water partition coefficient (Wildman–Crippen LogP) is 2.74. The molecular weight excluding hydrogens is 258 g/mol. The summed E-state index contributed by atoms with van der Waals surface area (Å²) in [5.74, 6) is -0.637. The molecule has 1 heterocycles. The first-order valence-corrected chi connectivity index (χ1v) is 7.08. The van der Waals surface area contributed by atoms with E-state index < -0.39 is 17.4 Å². The Morgan fingerprint density at radius 2 is 2.10 bits per heavy atom. The average Bonchev–Trinajstić information content (AvgIpc) is 2.85. The summed E-state index contributed by atoms with van der Waals surface area (Å²) in [4.78, 5) is 23.8. The summed E-state index contributed by atoms with van der Waals surface area (Å²) < 4.78 is 5.13. The zero-order valence-electron chi connectivity index (χ0n) is 11.9. The molecule has 1 fully saturated rings. The van der Waals surface area contributed by atoms with Gasteiger partial charge in [-0.05, 0) is 44.6 Å². The summed E-state index contributed by atoms with van der Waals surface area (Å²) in [6.45, 7) is 3.88. The first-order valence-electron chi connectivity index (χ1n) is 7.08. The fraction of sp³-hybridized carbons (Fsp3) is 0.600. The smallest absolute Gasteiger partial charge is 0.329 e. The quantitative estimate of drug-likeness (QED) is 0.888. The third-order valence-corrected chi connectivity index (χ3v) is 4.37. The highest BCUT2D eigenvalue weighted by Gasteiger charge is 2.43.